The summed E-state index contributed by atoms with van der Waals surface area (Å²) in [6.45, 7) is -0.857. The molecule has 0 aromatic heterocycles. The van der Waals surface area contributed by atoms with Crippen LogP contribution in [0.15, 0.2) is 42.5 Å². The van der Waals surface area contributed by atoms with E-state index in [1.165, 1.54) is 24.3 Å². The Bertz CT molecular complexity index is 1040. The molecule has 0 bridgehead atoms. The average Bonchev–Trinajstić information content (AvgIpc) is 2.87. The van der Waals surface area contributed by atoms with Gasteiger partial charge in [-0.2, -0.15) is 0 Å². The molecule has 0 aliphatic carbocycles. The number of rotatable bonds is 5. The van der Waals surface area contributed by atoms with Crippen molar-refractivity contribution in [2.24, 2.45) is 0 Å². The number of para-hydroxylation sites is 2. The third kappa shape index (κ3) is 4.00. The Labute approximate surface area is 159 Å². The fourth-order valence-corrected chi connectivity index (χ4v) is 2.73. The summed E-state index contributed by atoms with van der Waals surface area (Å²) in [4.78, 5) is 47.7. The Morgan fingerprint density at radius 3 is 2.45 bits per heavy atom. The number of amides is 3. The second-order valence-corrected chi connectivity index (χ2v) is 5.75. The molecule has 150 valence electrons. The Morgan fingerprint density at radius 1 is 1.10 bits per heavy atom. The molecule has 0 fully saturated rings. The maximum atomic E-state index is 12.5. The second-order valence-electron chi connectivity index (χ2n) is 5.75. The third-order valence-electron chi connectivity index (χ3n) is 3.86. The van der Waals surface area contributed by atoms with Gasteiger partial charge < -0.3 is 10.1 Å². The number of hydrogen-bond acceptors (Lipinski definition) is 6. The van der Waals surface area contributed by atoms with Crippen LogP contribution in [0.4, 0.5) is 24.5 Å². The van der Waals surface area contributed by atoms with Crippen molar-refractivity contribution in [2.75, 3.05) is 11.9 Å². The van der Waals surface area contributed by atoms with E-state index in [0.717, 1.165) is 18.2 Å². The van der Waals surface area contributed by atoms with Crippen LogP contribution in [0.3, 0.4) is 0 Å². The molecule has 9 nitrogen and oxygen atoms in total. The van der Waals surface area contributed by atoms with Crippen molar-refractivity contribution in [1.29, 1.82) is 0 Å². The van der Waals surface area contributed by atoms with E-state index in [1.807, 2.05) is 0 Å². The van der Waals surface area contributed by atoms with E-state index in [9.17, 15) is 37.7 Å². The molecule has 3 rings (SSSR count). The van der Waals surface area contributed by atoms with Gasteiger partial charge in [0.05, 0.1) is 16.2 Å². The summed E-state index contributed by atoms with van der Waals surface area (Å²) in [5.74, 6) is -3.66. The highest BCUT2D eigenvalue weighted by atomic mass is 19.4. The summed E-state index contributed by atoms with van der Waals surface area (Å²) in [6.07, 6.45) is -5.00. The number of carbonyl (C=O) groups excluding carboxylic acids is 3. The average molecular weight is 409 g/mol. The summed E-state index contributed by atoms with van der Waals surface area (Å²) >= 11 is 0. The minimum Gasteiger partial charge on any atom is -0.404 e. The van der Waals surface area contributed by atoms with E-state index in [2.05, 4.69) is 10.1 Å². The van der Waals surface area contributed by atoms with Crippen LogP contribution in [-0.2, 0) is 4.79 Å². The van der Waals surface area contributed by atoms with Crippen molar-refractivity contribution in [1.82, 2.24) is 4.90 Å². The van der Waals surface area contributed by atoms with Crippen LogP contribution in [0.5, 0.6) is 5.75 Å². The maximum Gasteiger partial charge on any atom is 0.573 e. The zero-order valence-electron chi connectivity index (χ0n) is 14.2. The number of fused-ring (bicyclic) bond motifs is 1. The lowest BCUT2D eigenvalue weighted by atomic mass is 10.1. The highest BCUT2D eigenvalue weighted by Gasteiger charge is 2.41. The van der Waals surface area contributed by atoms with Crippen molar-refractivity contribution < 1.29 is 37.2 Å². The van der Waals surface area contributed by atoms with Crippen LogP contribution in [0.25, 0.3) is 0 Å². The highest BCUT2D eigenvalue weighted by Crippen LogP contribution is 2.32. The molecular weight excluding hydrogens is 399 g/mol. The van der Waals surface area contributed by atoms with Crippen molar-refractivity contribution in [3.05, 3.63) is 63.7 Å². The van der Waals surface area contributed by atoms with E-state index in [1.54, 1.807) is 0 Å². The van der Waals surface area contributed by atoms with Gasteiger partial charge in [0.25, 0.3) is 17.5 Å². The number of nitro groups is 1. The molecule has 2 aromatic carbocycles. The molecule has 29 heavy (non-hydrogen) atoms. The van der Waals surface area contributed by atoms with E-state index < -0.39 is 52.6 Å². The largest absolute Gasteiger partial charge is 0.573 e. The van der Waals surface area contributed by atoms with Crippen molar-refractivity contribution in [2.45, 2.75) is 6.36 Å². The molecule has 0 radical (unpaired) electrons. The standard InChI is InChI=1S/C17H10F3N3O6/c18-17(19,20)29-12-7-2-1-5-10(12)21-13(24)8-22-15(25)9-4-3-6-11(23(27)28)14(9)16(22)26/h1-7H,8H2,(H,21,24). The molecule has 12 heteroatoms. The number of hydrogen-bond donors (Lipinski definition) is 1. The summed E-state index contributed by atoms with van der Waals surface area (Å²) in [7, 11) is 0. The lowest BCUT2D eigenvalue weighted by molar-refractivity contribution is -0.385. The lowest BCUT2D eigenvalue weighted by Crippen LogP contribution is -2.37. The molecule has 0 spiro atoms. The Balaban J connectivity index is 1.79. The van der Waals surface area contributed by atoms with E-state index >= 15 is 0 Å². The van der Waals surface area contributed by atoms with E-state index in [0.29, 0.717) is 4.90 Å². The fraction of sp³-hybridized carbons (Fsp3) is 0.118. The number of nitrogens with zero attached hydrogens (tertiary/aromatic N) is 2. The first-order valence-electron chi connectivity index (χ1n) is 7.86. The molecule has 1 aliphatic heterocycles. The molecule has 1 N–H and O–H groups in total. The Morgan fingerprint density at radius 2 is 1.79 bits per heavy atom. The maximum absolute atomic E-state index is 12.5. The zero-order valence-corrected chi connectivity index (χ0v) is 14.2. The van der Waals surface area contributed by atoms with Crippen LogP contribution in [-0.4, -0.2) is 40.5 Å². The number of alkyl halides is 3. The van der Waals surface area contributed by atoms with Gasteiger partial charge in [-0.3, -0.25) is 29.4 Å². The fourth-order valence-electron chi connectivity index (χ4n) is 2.73. The minimum absolute atomic E-state index is 0.238. The Kier molecular flexibility index (Phi) is 4.93. The summed E-state index contributed by atoms with van der Waals surface area (Å²) < 4.78 is 41.2. The molecule has 0 atom stereocenters. The predicted molar refractivity (Wildman–Crippen MR) is 90.2 cm³/mol. The quantitative estimate of drug-likeness (QED) is 0.461. The first-order chi connectivity index (χ1) is 13.6. The number of imide groups is 1. The van der Waals surface area contributed by atoms with Crippen molar-refractivity contribution in [3.8, 4) is 5.75 Å². The summed E-state index contributed by atoms with van der Waals surface area (Å²) in [6, 6.07) is 8.15. The van der Waals surface area contributed by atoms with Gasteiger partial charge in [-0.25, -0.2) is 0 Å². The van der Waals surface area contributed by atoms with Crippen LogP contribution in [0, 0.1) is 10.1 Å². The normalized spacial score (nSPS) is 13.3. The number of benzene rings is 2. The van der Waals surface area contributed by atoms with Gasteiger partial charge in [-0.1, -0.05) is 18.2 Å². The minimum atomic E-state index is -5.00. The molecule has 0 saturated heterocycles. The van der Waals surface area contributed by atoms with Gasteiger partial charge in [-0.15, -0.1) is 13.2 Å². The number of nitro benzene ring substituents is 1. The number of nitrogens with one attached hydrogen (secondary N) is 1. The topological polar surface area (TPSA) is 119 Å². The molecule has 2 aromatic rings. The van der Waals surface area contributed by atoms with Gasteiger partial charge >= 0.3 is 6.36 Å². The van der Waals surface area contributed by atoms with Gasteiger partial charge in [-0.05, 0) is 18.2 Å². The number of carbonyl (C=O) groups is 3. The summed E-state index contributed by atoms with van der Waals surface area (Å²) in [5.41, 5.74) is -1.61. The second kappa shape index (κ2) is 7.22. The van der Waals surface area contributed by atoms with Crippen LogP contribution in [0.2, 0.25) is 0 Å². The van der Waals surface area contributed by atoms with Gasteiger partial charge in [0.1, 0.15) is 12.1 Å². The Hall–Kier alpha value is -3.96. The SMILES string of the molecule is O=C(CN1C(=O)c2cccc([N+](=O)[O-])c2C1=O)Nc1ccccc1OC(F)(F)F. The molecule has 0 unspecified atom stereocenters. The van der Waals surface area contributed by atoms with Gasteiger partial charge in [0, 0.05) is 6.07 Å². The first kappa shape index (κ1) is 19.8. The van der Waals surface area contributed by atoms with Gasteiger partial charge in [0.15, 0.2) is 5.75 Å². The lowest BCUT2D eigenvalue weighted by Gasteiger charge is -2.16. The van der Waals surface area contributed by atoms with Crippen molar-refractivity contribution in [3.63, 3.8) is 0 Å². The molecule has 1 heterocycles. The van der Waals surface area contributed by atoms with Crippen LogP contribution >= 0.6 is 0 Å². The van der Waals surface area contributed by atoms with E-state index in [4.69, 9.17) is 0 Å². The number of ether oxygens (including phenoxy) is 1. The van der Waals surface area contributed by atoms with Crippen LogP contribution < -0.4 is 10.1 Å². The first-order valence-corrected chi connectivity index (χ1v) is 7.86. The highest BCUT2D eigenvalue weighted by molar-refractivity contribution is 6.24. The van der Waals surface area contributed by atoms with Crippen molar-refractivity contribution >= 4 is 29.1 Å². The third-order valence-corrected chi connectivity index (χ3v) is 3.86. The van der Waals surface area contributed by atoms with E-state index in [-0.39, 0.29) is 11.3 Å². The molecule has 0 saturated carbocycles. The molecular formula is C17H10F3N3O6. The predicted octanol–water partition coefficient (Wildman–Crippen LogP) is 2.73. The molecule has 1 aliphatic rings. The summed E-state index contributed by atoms with van der Waals surface area (Å²) in [5, 5.41) is 13.2. The van der Waals surface area contributed by atoms with Crippen LogP contribution in [0.1, 0.15) is 20.7 Å². The smallest absolute Gasteiger partial charge is 0.404 e. The van der Waals surface area contributed by atoms with Gasteiger partial charge in [0.2, 0.25) is 5.91 Å². The zero-order chi connectivity index (χ0) is 21.3. The number of halogens is 3. The monoisotopic (exact) mass is 409 g/mol. The number of anilines is 1. The molecule has 3 amide bonds.